The molecule has 1 saturated carbocycles. The number of rotatable bonds is 9. The van der Waals surface area contributed by atoms with E-state index in [1.807, 2.05) is 0 Å². The van der Waals surface area contributed by atoms with E-state index in [1.54, 1.807) is 13.8 Å². The van der Waals surface area contributed by atoms with Gasteiger partial charge >= 0.3 is 11.9 Å². The Bertz CT molecular complexity index is 773. The molecule has 1 N–H and O–H groups in total. The normalized spacial score (nSPS) is 21.1. The molecule has 30 heavy (non-hydrogen) atoms. The fraction of sp³-hybridized carbons (Fsp3) is 0.591. The molecule has 0 bridgehead atoms. The summed E-state index contributed by atoms with van der Waals surface area (Å²) in [5, 5.41) is 10.3. The van der Waals surface area contributed by atoms with E-state index in [9.17, 15) is 19.5 Å². The minimum Gasteiger partial charge on any atom is -0.504 e. The van der Waals surface area contributed by atoms with Crippen LogP contribution in [0, 0.1) is 11.8 Å². The van der Waals surface area contributed by atoms with Gasteiger partial charge in [0.2, 0.25) is 0 Å². The fourth-order valence-corrected chi connectivity index (χ4v) is 4.14. The molecule has 0 saturated heterocycles. The predicted molar refractivity (Wildman–Crippen MR) is 108 cm³/mol. The van der Waals surface area contributed by atoms with Crippen molar-refractivity contribution in [1.82, 2.24) is 0 Å². The Kier molecular flexibility index (Phi) is 8.50. The lowest BCUT2D eigenvalue weighted by Crippen LogP contribution is -2.34. The Labute approximate surface area is 176 Å². The van der Waals surface area contributed by atoms with Crippen molar-refractivity contribution in [3.63, 3.8) is 0 Å². The number of ketones is 1. The Morgan fingerprint density at radius 2 is 1.60 bits per heavy atom. The van der Waals surface area contributed by atoms with E-state index in [0.29, 0.717) is 17.7 Å². The standard InChI is InChI=1S/C22H30O8/c1-5-29-20(25)9-13-7-14(10-21(26)30-6-2)22(17(24)8-13)15-11-16(23)19(28-4)12-18(15)27-3/h11-14,22-23H,5-10H2,1-4H3. The van der Waals surface area contributed by atoms with Crippen molar-refractivity contribution < 1.29 is 38.4 Å². The highest BCUT2D eigenvalue weighted by molar-refractivity contribution is 5.89. The number of esters is 2. The van der Waals surface area contributed by atoms with Crippen LogP contribution in [0.4, 0.5) is 0 Å². The molecule has 2 rings (SSSR count). The van der Waals surface area contributed by atoms with Crippen molar-refractivity contribution >= 4 is 17.7 Å². The van der Waals surface area contributed by atoms with Crippen molar-refractivity contribution in [2.24, 2.45) is 11.8 Å². The lowest BCUT2D eigenvalue weighted by molar-refractivity contribution is -0.145. The molecular formula is C22H30O8. The molecule has 1 aromatic rings. The summed E-state index contributed by atoms with van der Waals surface area (Å²) in [6.07, 6.45) is 0.804. The summed E-state index contributed by atoms with van der Waals surface area (Å²) in [5.41, 5.74) is 0.490. The Hall–Kier alpha value is -2.77. The van der Waals surface area contributed by atoms with E-state index >= 15 is 0 Å². The Balaban J connectivity index is 2.38. The first kappa shape index (κ1) is 23.5. The smallest absolute Gasteiger partial charge is 0.306 e. The van der Waals surface area contributed by atoms with Gasteiger partial charge in [-0.25, -0.2) is 0 Å². The molecule has 3 atom stereocenters. The average Bonchev–Trinajstić information content (AvgIpc) is 2.68. The number of carbonyl (C=O) groups is 3. The number of phenols is 1. The highest BCUT2D eigenvalue weighted by Crippen LogP contribution is 2.46. The van der Waals surface area contributed by atoms with Crippen LogP contribution >= 0.6 is 0 Å². The molecule has 0 aliphatic heterocycles. The molecule has 1 aliphatic rings. The number of hydrogen-bond donors (Lipinski definition) is 1. The summed E-state index contributed by atoms with van der Waals surface area (Å²) in [7, 11) is 2.88. The monoisotopic (exact) mass is 422 g/mol. The third-order valence-corrected chi connectivity index (χ3v) is 5.31. The first-order valence-corrected chi connectivity index (χ1v) is 10.1. The number of methoxy groups -OCH3 is 2. The van der Waals surface area contributed by atoms with E-state index in [0.717, 1.165) is 0 Å². The Morgan fingerprint density at radius 3 is 2.17 bits per heavy atom. The van der Waals surface area contributed by atoms with Gasteiger partial charge in [0.05, 0.1) is 27.4 Å². The number of hydrogen-bond acceptors (Lipinski definition) is 8. The zero-order valence-electron chi connectivity index (χ0n) is 17.9. The van der Waals surface area contributed by atoms with Gasteiger partial charge in [0.25, 0.3) is 0 Å². The second-order valence-electron chi connectivity index (χ2n) is 7.29. The van der Waals surface area contributed by atoms with Crippen LogP contribution in [0.15, 0.2) is 12.1 Å². The number of Topliss-reactive ketones (excluding diaryl/α,β-unsaturated/α-hetero) is 1. The largest absolute Gasteiger partial charge is 0.504 e. The Morgan fingerprint density at radius 1 is 1.00 bits per heavy atom. The first-order chi connectivity index (χ1) is 14.3. The highest BCUT2D eigenvalue weighted by atomic mass is 16.5. The van der Waals surface area contributed by atoms with Crippen LogP contribution in [0.5, 0.6) is 17.2 Å². The van der Waals surface area contributed by atoms with Gasteiger partial charge < -0.3 is 24.1 Å². The third-order valence-electron chi connectivity index (χ3n) is 5.31. The summed E-state index contributed by atoms with van der Waals surface area (Å²) in [6.45, 7) is 3.96. The summed E-state index contributed by atoms with van der Waals surface area (Å²) in [6, 6.07) is 2.97. The molecule has 8 heteroatoms. The lowest BCUT2D eigenvalue weighted by Gasteiger charge is -2.35. The van der Waals surface area contributed by atoms with Crippen molar-refractivity contribution in [2.45, 2.75) is 45.4 Å². The number of ether oxygens (including phenoxy) is 4. The second-order valence-corrected chi connectivity index (χ2v) is 7.29. The molecule has 1 aliphatic carbocycles. The van der Waals surface area contributed by atoms with Crippen molar-refractivity contribution in [2.75, 3.05) is 27.4 Å². The molecule has 1 aromatic carbocycles. The van der Waals surface area contributed by atoms with E-state index in [-0.39, 0.29) is 61.6 Å². The SMILES string of the molecule is CCOC(=O)CC1CC(=O)C(c2cc(O)c(OC)cc2OC)C(CC(=O)OCC)C1. The molecule has 8 nitrogen and oxygen atoms in total. The number of carbonyl (C=O) groups excluding carboxylic acids is 3. The minimum atomic E-state index is -0.667. The average molecular weight is 422 g/mol. The number of phenolic OH excluding ortho intramolecular Hbond substituents is 1. The quantitative estimate of drug-likeness (QED) is 0.605. The summed E-state index contributed by atoms with van der Waals surface area (Å²) in [4.78, 5) is 37.3. The van der Waals surface area contributed by atoms with Crippen LogP contribution in [-0.2, 0) is 23.9 Å². The van der Waals surface area contributed by atoms with Crippen LogP contribution in [0.2, 0.25) is 0 Å². The third kappa shape index (κ3) is 5.64. The highest BCUT2D eigenvalue weighted by Gasteiger charge is 2.41. The van der Waals surface area contributed by atoms with Gasteiger partial charge in [-0.2, -0.15) is 0 Å². The zero-order chi connectivity index (χ0) is 22.3. The molecule has 0 amide bonds. The number of benzene rings is 1. The molecule has 1 fully saturated rings. The van der Waals surface area contributed by atoms with E-state index in [4.69, 9.17) is 18.9 Å². The number of aromatic hydroxyl groups is 1. The summed E-state index contributed by atoms with van der Waals surface area (Å²) in [5.74, 6) is -1.67. The lowest BCUT2D eigenvalue weighted by atomic mass is 9.68. The molecular weight excluding hydrogens is 392 g/mol. The predicted octanol–water partition coefficient (Wildman–Crippen LogP) is 2.99. The van der Waals surface area contributed by atoms with Crippen molar-refractivity contribution in [1.29, 1.82) is 0 Å². The maximum atomic E-state index is 13.2. The van der Waals surface area contributed by atoms with Gasteiger partial charge in [-0.3, -0.25) is 14.4 Å². The van der Waals surface area contributed by atoms with Crippen LogP contribution in [0.25, 0.3) is 0 Å². The van der Waals surface area contributed by atoms with E-state index in [1.165, 1.54) is 26.4 Å². The van der Waals surface area contributed by atoms with Gasteiger partial charge in [-0.15, -0.1) is 0 Å². The molecule has 3 unspecified atom stereocenters. The molecule has 0 spiro atoms. The van der Waals surface area contributed by atoms with Crippen molar-refractivity contribution in [3.8, 4) is 17.2 Å². The maximum Gasteiger partial charge on any atom is 0.306 e. The molecule has 0 aromatic heterocycles. The van der Waals surface area contributed by atoms with Gasteiger partial charge in [-0.05, 0) is 38.2 Å². The van der Waals surface area contributed by atoms with E-state index in [2.05, 4.69) is 0 Å². The van der Waals surface area contributed by atoms with Crippen LogP contribution < -0.4 is 9.47 Å². The minimum absolute atomic E-state index is 0.0273. The summed E-state index contributed by atoms with van der Waals surface area (Å²) >= 11 is 0. The van der Waals surface area contributed by atoms with Gasteiger partial charge in [-0.1, -0.05) is 0 Å². The van der Waals surface area contributed by atoms with Gasteiger partial charge in [0, 0.05) is 36.8 Å². The fourth-order valence-electron chi connectivity index (χ4n) is 4.14. The molecule has 166 valence electrons. The first-order valence-electron chi connectivity index (χ1n) is 10.1. The second kappa shape index (κ2) is 10.8. The van der Waals surface area contributed by atoms with Crippen LogP contribution in [0.1, 0.15) is 51.0 Å². The van der Waals surface area contributed by atoms with Crippen LogP contribution in [-0.4, -0.2) is 50.3 Å². The summed E-state index contributed by atoms with van der Waals surface area (Å²) < 4.78 is 20.7. The molecule has 0 heterocycles. The van der Waals surface area contributed by atoms with Gasteiger partial charge in [0.1, 0.15) is 11.5 Å². The van der Waals surface area contributed by atoms with Gasteiger partial charge in [0.15, 0.2) is 11.5 Å². The van der Waals surface area contributed by atoms with Crippen LogP contribution in [0.3, 0.4) is 0 Å². The van der Waals surface area contributed by atoms with Crippen molar-refractivity contribution in [3.05, 3.63) is 17.7 Å². The maximum absolute atomic E-state index is 13.2. The topological polar surface area (TPSA) is 108 Å². The van der Waals surface area contributed by atoms with E-state index < -0.39 is 17.8 Å². The molecule has 0 radical (unpaired) electrons. The zero-order valence-corrected chi connectivity index (χ0v) is 17.9.